The summed E-state index contributed by atoms with van der Waals surface area (Å²) in [4.78, 5) is 49.7. The SMILES string of the molecule is CCOC(=O)[C@@H](CCc1ccccc1)N(N=O)[C@H](C)C(=O)N1CCC[C@@H]1C(=O)O. The zero-order valence-electron chi connectivity index (χ0n) is 16.7. The van der Waals surface area contributed by atoms with Gasteiger partial charge in [-0.05, 0) is 45.1 Å². The van der Waals surface area contributed by atoms with E-state index in [0.717, 1.165) is 10.6 Å². The number of nitroso groups, excluding NO2 is 1. The molecule has 9 nitrogen and oxygen atoms in total. The van der Waals surface area contributed by atoms with E-state index in [0.29, 0.717) is 25.8 Å². The molecule has 0 saturated carbocycles. The molecule has 0 unspecified atom stereocenters. The Morgan fingerprint density at radius 2 is 2.00 bits per heavy atom. The molecule has 0 aromatic heterocycles. The zero-order valence-corrected chi connectivity index (χ0v) is 16.7. The monoisotopic (exact) mass is 405 g/mol. The molecule has 2 rings (SSSR count). The summed E-state index contributed by atoms with van der Waals surface area (Å²) in [6.45, 7) is 3.53. The number of hydrogen-bond donors (Lipinski definition) is 1. The van der Waals surface area contributed by atoms with Gasteiger partial charge in [0.2, 0.25) is 5.91 Å². The Morgan fingerprint density at radius 3 is 2.59 bits per heavy atom. The molecule has 1 fully saturated rings. The van der Waals surface area contributed by atoms with Crippen LogP contribution in [0.5, 0.6) is 0 Å². The molecular weight excluding hydrogens is 378 g/mol. The van der Waals surface area contributed by atoms with Gasteiger partial charge in [-0.25, -0.2) is 14.6 Å². The molecule has 1 aromatic carbocycles. The molecule has 3 atom stereocenters. The third-order valence-electron chi connectivity index (χ3n) is 5.10. The first-order valence-electron chi connectivity index (χ1n) is 9.76. The molecule has 1 aromatic rings. The van der Waals surface area contributed by atoms with Crippen molar-refractivity contribution in [2.45, 2.75) is 57.7 Å². The van der Waals surface area contributed by atoms with Crippen molar-refractivity contribution in [2.24, 2.45) is 5.29 Å². The predicted octanol–water partition coefficient (Wildman–Crippen LogP) is 2.00. The Morgan fingerprint density at radius 1 is 1.31 bits per heavy atom. The van der Waals surface area contributed by atoms with Crippen LogP contribution in [-0.4, -0.2) is 64.1 Å². The number of aliphatic carboxylic acids is 1. The van der Waals surface area contributed by atoms with Crippen LogP contribution in [0.3, 0.4) is 0 Å². The van der Waals surface area contributed by atoms with E-state index in [2.05, 4.69) is 5.29 Å². The molecule has 1 heterocycles. The zero-order chi connectivity index (χ0) is 21.4. The number of rotatable bonds is 10. The Labute approximate surface area is 169 Å². The summed E-state index contributed by atoms with van der Waals surface area (Å²) in [5.74, 6) is -2.26. The van der Waals surface area contributed by atoms with Crippen LogP contribution in [0.4, 0.5) is 0 Å². The summed E-state index contributed by atoms with van der Waals surface area (Å²) in [6, 6.07) is 6.36. The number of carboxylic acid groups (broad SMARTS) is 1. The lowest BCUT2D eigenvalue weighted by molar-refractivity contribution is -0.156. The summed E-state index contributed by atoms with van der Waals surface area (Å²) < 4.78 is 5.09. The van der Waals surface area contributed by atoms with Gasteiger partial charge in [-0.2, -0.15) is 0 Å². The highest BCUT2D eigenvalue weighted by atomic mass is 16.5. The van der Waals surface area contributed by atoms with Crippen molar-refractivity contribution < 1.29 is 24.2 Å². The van der Waals surface area contributed by atoms with Gasteiger partial charge in [0.15, 0.2) is 0 Å². The average Bonchev–Trinajstić information content (AvgIpc) is 3.21. The van der Waals surface area contributed by atoms with Crippen LogP contribution in [0.1, 0.15) is 38.7 Å². The van der Waals surface area contributed by atoms with Gasteiger partial charge in [-0.15, -0.1) is 4.91 Å². The Bertz CT molecular complexity index is 726. The van der Waals surface area contributed by atoms with Crippen LogP contribution in [-0.2, 0) is 25.5 Å². The predicted molar refractivity (Wildman–Crippen MR) is 105 cm³/mol. The molecule has 29 heavy (non-hydrogen) atoms. The van der Waals surface area contributed by atoms with E-state index in [1.54, 1.807) is 6.92 Å². The minimum Gasteiger partial charge on any atom is -0.480 e. The molecule has 1 amide bonds. The maximum atomic E-state index is 12.9. The number of carbonyl (C=O) groups excluding carboxylic acids is 2. The van der Waals surface area contributed by atoms with Crippen LogP contribution in [0.25, 0.3) is 0 Å². The number of aryl methyl sites for hydroxylation is 1. The number of hydrogen-bond acceptors (Lipinski definition) is 6. The molecule has 0 radical (unpaired) electrons. The van der Waals surface area contributed by atoms with Gasteiger partial charge in [0, 0.05) is 6.54 Å². The standard InChI is InChI=1S/C20H27N3O6/c1-3-29-20(27)17(12-11-15-8-5-4-6-9-15)23(21-28)14(2)18(24)22-13-7-10-16(22)19(25)26/h4-6,8-9,14,16-17H,3,7,10-13H2,1-2H3,(H,25,26)/t14-,16-,17-/m1/s1. The molecule has 158 valence electrons. The van der Waals surface area contributed by atoms with E-state index in [4.69, 9.17) is 4.74 Å². The van der Waals surface area contributed by atoms with Gasteiger partial charge in [0.25, 0.3) is 0 Å². The number of ether oxygens (including phenoxy) is 1. The molecule has 1 saturated heterocycles. The number of likely N-dealkylation sites (tertiary alicyclic amines) is 1. The van der Waals surface area contributed by atoms with Crippen LogP contribution in [0.15, 0.2) is 35.6 Å². The first kappa shape index (κ1) is 22.3. The Hall–Kier alpha value is -2.97. The van der Waals surface area contributed by atoms with Crippen LogP contribution in [0.2, 0.25) is 0 Å². The van der Waals surface area contributed by atoms with E-state index in [9.17, 15) is 24.4 Å². The van der Waals surface area contributed by atoms with Crippen LogP contribution >= 0.6 is 0 Å². The van der Waals surface area contributed by atoms with Crippen molar-refractivity contribution in [3.63, 3.8) is 0 Å². The number of carboxylic acids is 1. The fraction of sp³-hybridized carbons (Fsp3) is 0.550. The van der Waals surface area contributed by atoms with Crippen LogP contribution in [0, 0.1) is 4.91 Å². The number of nitrogens with zero attached hydrogens (tertiary/aromatic N) is 3. The summed E-state index contributed by atoms with van der Waals surface area (Å²) in [5.41, 5.74) is 0.970. The van der Waals surface area contributed by atoms with E-state index in [-0.39, 0.29) is 13.0 Å². The van der Waals surface area contributed by atoms with E-state index < -0.39 is 36.0 Å². The van der Waals surface area contributed by atoms with Crippen molar-refractivity contribution in [1.82, 2.24) is 9.91 Å². The lowest BCUT2D eigenvalue weighted by Gasteiger charge is -2.32. The lowest BCUT2D eigenvalue weighted by atomic mass is 10.0. The number of esters is 1. The smallest absolute Gasteiger partial charge is 0.330 e. The summed E-state index contributed by atoms with van der Waals surface area (Å²) in [7, 11) is 0. The second-order valence-electron chi connectivity index (χ2n) is 6.96. The molecule has 1 N–H and O–H groups in total. The van der Waals surface area contributed by atoms with Crippen molar-refractivity contribution in [3.8, 4) is 0 Å². The molecule has 0 spiro atoms. The minimum absolute atomic E-state index is 0.128. The molecule has 9 heteroatoms. The fourth-order valence-corrected chi connectivity index (χ4v) is 3.58. The van der Waals surface area contributed by atoms with Gasteiger partial charge in [-0.3, -0.25) is 4.79 Å². The molecule has 1 aliphatic heterocycles. The highest BCUT2D eigenvalue weighted by molar-refractivity contribution is 5.88. The summed E-state index contributed by atoms with van der Waals surface area (Å²) in [6.07, 6.45) is 1.64. The molecular formula is C20H27N3O6. The number of benzene rings is 1. The maximum absolute atomic E-state index is 12.9. The molecule has 1 aliphatic rings. The van der Waals surface area contributed by atoms with E-state index in [1.165, 1.54) is 11.8 Å². The quantitative estimate of drug-likeness (QED) is 0.359. The number of amides is 1. The summed E-state index contributed by atoms with van der Waals surface area (Å²) in [5, 5.41) is 13.2. The average molecular weight is 405 g/mol. The van der Waals surface area contributed by atoms with Crippen molar-refractivity contribution in [3.05, 3.63) is 40.8 Å². The molecule has 0 aliphatic carbocycles. The van der Waals surface area contributed by atoms with E-state index in [1.807, 2.05) is 30.3 Å². The highest BCUT2D eigenvalue weighted by Crippen LogP contribution is 2.22. The maximum Gasteiger partial charge on any atom is 0.330 e. The molecule has 0 bridgehead atoms. The fourth-order valence-electron chi connectivity index (χ4n) is 3.58. The van der Waals surface area contributed by atoms with Crippen LogP contribution < -0.4 is 0 Å². The Kier molecular flexibility index (Phi) is 8.11. The van der Waals surface area contributed by atoms with Crippen molar-refractivity contribution >= 4 is 17.8 Å². The summed E-state index contributed by atoms with van der Waals surface area (Å²) >= 11 is 0. The van der Waals surface area contributed by atoms with Gasteiger partial charge < -0.3 is 14.7 Å². The number of carbonyl (C=O) groups is 3. The minimum atomic E-state index is -1.09. The lowest BCUT2D eigenvalue weighted by Crippen LogP contribution is -2.53. The highest BCUT2D eigenvalue weighted by Gasteiger charge is 2.41. The third kappa shape index (κ3) is 5.52. The van der Waals surface area contributed by atoms with Crippen molar-refractivity contribution in [1.29, 1.82) is 0 Å². The van der Waals surface area contributed by atoms with Crippen molar-refractivity contribution in [2.75, 3.05) is 13.2 Å². The van der Waals surface area contributed by atoms with Gasteiger partial charge in [0.1, 0.15) is 18.1 Å². The largest absolute Gasteiger partial charge is 0.480 e. The normalized spacial score (nSPS) is 18.0. The van der Waals surface area contributed by atoms with E-state index >= 15 is 0 Å². The third-order valence-corrected chi connectivity index (χ3v) is 5.10. The first-order valence-corrected chi connectivity index (χ1v) is 9.76. The second kappa shape index (κ2) is 10.5. The van der Waals surface area contributed by atoms with Gasteiger partial charge in [0.05, 0.1) is 11.9 Å². The second-order valence-corrected chi connectivity index (χ2v) is 6.96. The van der Waals surface area contributed by atoms with Gasteiger partial charge >= 0.3 is 11.9 Å². The first-order chi connectivity index (χ1) is 13.9. The van der Waals surface area contributed by atoms with Gasteiger partial charge in [-0.1, -0.05) is 30.3 Å². The topological polar surface area (TPSA) is 117 Å². The Balaban J connectivity index is 2.18.